The topological polar surface area (TPSA) is 61.6 Å². The fourth-order valence-corrected chi connectivity index (χ4v) is 1.69. The molecule has 0 aliphatic carbocycles. The van der Waals surface area contributed by atoms with Gasteiger partial charge in [-0.15, -0.1) is 0 Å². The normalized spacial score (nSPS) is 10.1. The van der Waals surface area contributed by atoms with Crippen LogP contribution in [0.1, 0.15) is 5.56 Å². The molecule has 104 valence electrons. The minimum absolute atomic E-state index is 0.0495. The van der Waals surface area contributed by atoms with Crippen LogP contribution in [0.4, 0.5) is 5.69 Å². The number of hydrogen-bond donors (Lipinski definition) is 0. The molecule has 2 aromatic rings. The molecule has 5 nitrogen and oxygen atoms in total. The van der Waals surface area contributed by atoms with Crippen LogP contribution >= 0.6 is 0 Å². The highest BCUT2D eigenvalue weighted by Crippen LogP contribution is 2.18. The van der Waals surface area contributed by atoms with Gasteiger partial charge in [-0.3, -0.25) is 10.1 Å². The quantitative estimate of drug-likeness (QED) is 0.460. The monoisotopic (exact) mass is 273 g/mol. The van der Waals surface area contributed by atoms with Crippen molar-refractivity contribution in [1.82, 2.24) is 0 Å². The predicted molar refractivity (Wildman–Crippen MR) is 75.3 cm³/mol. The van der Waals surface area contributed by atoms with Crippen LogP contribution < -0.4 is 9.47 Å². The number of nitro groups is 1. The predicted octanol–water partition coefficient (Wildman–Crippen LogP) is 3.36. The number of aryl methyl sites for hydroxylation is 1. The van der Waals surface area contributed by atoms with Gasteiger partial charge in [0, 0.05) is 12.1 Å². The van der Waals surface area contributed by atoms with Crippen LogP contribution in [-0.2, 0) is 0 Å². The Morgan fingerprint density at radius 1 is 1.00 bits per heavy atom. The van der Waals surface area contributed by atoms with Crippen molar-refractivity contribution < 1.29 is 14.4 Å². The smallest absolute Gasteiger partial charge is 0.269 e. The lowest BCUT2D eigenvalue weighted by Crippen LogP contribution is -2.09. The zero-order valence-electron chi connectivity index (χ0n) is 11.1. The maximum atomic E-state index is 10.5. The zero-order valence-corrected chi connectivity index (χ0v) is 11.1. The van der Waals surface area contributed by atoms with Gasteiger partial charge in [0.15, 0.2) is 0 Å². The van der Waals surface area contributed by atoms with Crippen molar-refractivity contribution in [3.63, 3.8) is 0 Å². The Labute approximate surface area is 116 Å². The summed E-state index contributed by atoms with van der Waals surface area (Å²) in [6, 6.07) is 13.7. The fourth-order valence-electron chi connectivity index (χ4n) is 1.69. The Bertz CT molecular complexity index is 581. The van der Waals surface area contributed by atoms with E-state index in [9.17, 15) is 10.1 Å². The molecular weight excluding hydrogens is 258 g/mol. The van der Waals surface area contributed by atoms with E-state index in [1.807, 2.05) is 31.2 Å². The summed E-state index contributed by atoms with van der Waals surface area (Å²) in [5.41, 5.74) is 1.12. The molecule has 0 unspecified atom stereocenters. The lowest BCUT2D eigenvalue weighted by Gasteiger charge is -2.09. The molecule has 0 heterocycles. The van der Waals surface area contributed by atoms with Gasteiger partial charge < -0.3 is 9.47 Å². The van der Waals surface area contributed by atoms with Gasteiger partial charge in [-0.25, -0.2) is 0 Å². The summed E-state index contributed by atoms with van der Waals surface area (Å²) in [4.78, 5) is 10.1. The largest absolute Gasteiger partial charge is 0.490 e. The SMILES string of the molecule is Cc1ccccc1OCCOc1ccc([N+](=O)[O-])cc1. The van der Waals surface area contributed by atoms with Crippen LogP contribution in [0, 0.1) is 17.0 Å². The minimum atomic E-state index is -0.439. The number of nitro benzene ring substituents is 1. The van der Waals surface area contributed by atoms with E-state index in [0.29, 0.717) is 19.0 Å². The van der Waals surface area contributed by atoms with E-state index in [0.717, 1.165) is 11.3 Å². The van der Waals surface area contributed by atoms with Gasteiger partial charge in [-0.1, -0.05) is 18.2 Å². The number of ether oxygens (including phenoxy) is 2. The van der Waals surface area contributed by atoms with Crippen molar-refractivity contribution in [2.24, 2.45) is 0 Å². The van der Waals surface area contributed by atoms with E-state index in [-0.39, 0.29) is 5.69 Å². The van der Waals surface area contributed by atoms with Gasteiger partial charge in [-0.2, -0.15) is 0 Å². The second-order valence-corrected chi connectivity index (χ2v) is 4.21. The first-order valence-electron chi connectivity index (χ1n) is 6.22. The Balaban J connectivity index is 1.79. The van der Waals surface area contributed by atoms with Crippen LogP contribution in [0.3, 0.4) is 0 Å². The van der Waals surface area contributed by atoms with Gasteiger partial charge in [-0.05, 0) is 30.7 Å². The molecule has 0 fully saturated rings. The molecule has 0 amide bonds. The third-order valence-corrected chi connectivity index (χ3v) is 2.75. The van der Waals surface area contributed by atoms with E-state index in [1.54, 1.807) is 12.1 Å². The van der Waals surface area contributed by atoms with E-state index in [4.69, 9.17) is 9.47 Å². The summed E-state index contributed by atoms with van der Waals surface area (Å²) in [5.74, 6) is 1.42. The number of hydrogen-bond acceptors (Lipinski definition) is 4. The average molecular weight is 273 g/mol. The summed E-state index contributed by atoms with van der Waals surface area (Å²) < 4.78 is 11.0. The zero-order chi connectivity index (χ0) is 14.4. The van der Waals surface area contributed by atoms with Crippen LogP contribution in [0.2, 0.25) is 0 Å². The van der Waals surface area contributed by atoms with Gasteiger partial charge in [0.2, 0.25) is 0 Å². The molecule has 0 bridgehead atoms. The van der Waals surface area contributed by atoms with Crippen molar-refractivity contribution in [3.8, 4) is 11.5 Å². The minimum Gasteiger partial charge on any atom is -0.490 e. The molecule has 0 radical (unpaired) electrons. The molecule has 0 N–H and O–H groups in total. The van der Waals surface area contributed by atoms with Crippen LogP contribution in [-0.4, -0.2) is 18.1 Å². The first-order chi connectivity index (χ1) is 9.66. The number of benzene rings is 2. The maximum absolute atomic E-state index is 10.5. The highest BCUT2D eigenvalue weighted by atomic mass is 16.6. The van der Waals surface area contributed by atoms with E-state index in [1.165, 1.54) is 12.1 Å². The Kier molecular flexibility index (Phi) is 4.55. The molecule has 0 atom stereocenters. The standard InChI is InChI=1S/C15H15NO4/c1-12-4-2-3-5-15(12)20-11-10-19-14-8-6-13(7-9-14)16(17)18/h2-9H,10-11H2,1H3. The van der Waals surface area contributed by atoms with Gasteiger partial charge in [0.05, 0.1) is 4.92 Å². The first kappa shape index (κ1) is 13.9. The molecule has 0 saturated heterocycles. The Morgan fingerprint density at radius 3 is 2.30 bits per heavy atom. The second kappa shape index (κ2) is 6.56. The summed E-state index contributed by atoms with van der Waals surface area (Å²) in [6.45, 7) is 2.78. The van der Waals surface area contributed by atoms with Gasteiger partial charge in [0.1, 0.15) is 24.7 Å². The summed E-state index contributed by atoms with van der Waals surface area (Å²) >= 11 is 0. The molecule has 0 spiro atoms. The molecule has 0 aliphatic rings. The number of para-hydroxylation sites is 1. The number of non-ortho nitro benzene ring substituents is 1. The summed E-state index contributed by atoms with van der Waals surface area (Å²) in [5, 5.41) is 10.5. The van der Waals surface area contributed by atoms with Crippen LogP contribution in [0.5, 0.6) is 11.5 Å². The van der Waals surface area contributed by atoms with E-state index < -0.39 is 4.92 Å². The molecule has 0 saturated carbocycles. The molecule has 2 rings (SSSR count). The summed E-state index contributed by atoms with van der Waals surface area (Å²) in [7, 11) is 0. The third-order valence-electron chi connectivity index (χ3n) is 2.75. The fraction of sp³-hybridized carbons (Fsp3) is 0.200. The Hall–Kier alpha value is -2.56. The summed E-state index contributed by atoms with van der Waals surface area (Å²) in [6.07, 6.45) is 0. The van der Waals surface area contributed by atoms with Crippen molar-refractivity contribution in [1.29, 1.82) is 0 Å². The average Bonchev–Trinajstić information content (AvgIpc) is 2.46. The Morgan fingerprint density at radius 2 is 1.65 bits per heavy atom. The van der Waals surface area contributed by atoms with Crippen molar-refractivity contribution >= 4 is 5.69 Å². The molecule has 0 aromatic heterocycles. The lowest BCUT2D eigenvalue weighted by atomic mass is 10.2. The molecule has 5 heteroatoms. The maximum Gasteiger partial charge on any atom is 0.269 e. The third kappa shape index (κ3) is 3.71. The van der Waals surface area contributed by atoms with E-state index >= 15 is 0 Å². The molecule has 0 aliphatic heterocycles. The molecular formula is C15H15NO4. The van der Waals surface area contributed by atoms with Crippen molar-refractivity contribution in [3.05, 3.63) is 64.2 Å². The lowest BCUT2D eigenvalue weighted by molar-refractivity contribution is -0.384. The first-order valence-corrected chi connectivity index (χ1v) is 6.22. The molecule has 20 heavy (non-hydrogen) atoms. The van der Waals surface area contributed by atoms with E-state index in [2.05, 4.69) is 0 Å². The number of rotatable bonds is 6. The second-order valence-electron chi connectivity index (χ2n) is 4.21. The highest BCUT2D eigenvalue weighted by molar-refractivity contribution is 5.36. The number of nitrogens with zero attached hydrogens (tertiary/aromatic N) is 1. The van der Waals surface area contributed by atoms with Crippen molar-refractivity contribution in [2.45, 2.75) is 6.92 Å². The van der Waals surface area contributed by atoms with Crippen LogP contribution in [0.15, 0.2) is 48.5 Å². The van der Waals surface area contributed by atoms with Gasteiger partial charge >= 0.3 is 0 Å². The van der Waals surface area contributed by atoms with Gasteiger partial charge in [0.25, 0.3) is 5.69 Å². The highest BCUT2D eigenvalue weighted by Gasteiger charge is 2.04. The van der Waals surface area contributed by atoms with Crippen molar-refractivity contribution in [2.75, 3.05) is 13.2 Å². The van der Waals surface area contributed by atoms with Crippen LogP contribution in [0.25, 0.3) is 0 Å². The molecule has 2 aromatic carbocycles.